The van der Waals surface area contributed by atoms with Gasteiger partial charge in [0, 0.05) is 43.2 Å². The summed E-state index contributed by atoms with van der Waals surface area (Å²) in [6.45, 7) is 3.11. The van der Waals surface area contributed by atoms with Crippen molar-refractivity contribution in [2.45, 2.75) is 19.0 Å². The molecule has 0 saturated carbocycles. The Balaban J connectivity index is 1.52. The second-order valence-corrected chi connectivity index (χ2v) is 6.53. The van der Waals surface area contributed by atoms with E-state index in [0.717, 1.165) is 31.8 Å². The molecule has 0 aliphatic carbocycles. The fraction of sp³-hybridized carbons (Fsp3) is 0.350. The van der Waals surface area contributed by atoms with Crippen molar-refractivity contribution in [2.75, 3.05) is 20.2 Å². The van der Waals surface area contributed by atoms with E-state index in [1.165, 1.54) is 16.8 Å². The van der Waals surface area contributed by atoms with E-state index >= 15 is 0 Å². The van der Waals surface area contributed by atoms with Crippen LogP contribution in [0.5, 0.6) is 5.75 Å². The second-order valence-electron chi connectivity index (χ2n) is 6.53. The Morgan fingerprint density at radius 3 is 2.75 bits per heavy atom. The molecule has 1 fully saturated rings. The zero-order valence-corrected chi connectivity index (χ0v) is 14.0. The van der Waals surface area contributed by atoms with Crippen molar-refractivity contribution in [1.82, 2.24) is 10.3 Å². The molecular formula is C20H23N3O. The molecule has 124 valence electrons. The lowest BCUT2D eigenvalue weighted by atomic mass is 9.86. The fourth-order valence-corrected chi connectivity index (χ4v) is 3.81. The van der Waals surface area contributed by atoms with Crippen molar-refractivity contribution in [1.29, 1.82) is 0 Å². The molecule has 4 heteroatoms. The Morgan fingerprint density at radius 2 is 1.92 bits per heavy atom. The van der Waals surface area contributed by atoms with Gasteiger partial charge in [0.15, 0.2) is 0 Å². The lowest BCUT2D eigenvalue weighted by Crippen LogP contribution is -2.41. The lowest BCUT2D eigenvalue weighted by Gasteiger charge is -2.34. The van der Waals surface area contributed by atoms with E-state index in [-0.39, 0.29) is 6.04 Å². The number of likely N-dealkylation sites (tertiary alicyclic amines) is 1. The minimum Gasteiger partial charge on any atom is -0.496 e. The summed E-state index contributed by atoms with van der Waals surface area (Å²) in [5, 5.41) is 4.62. The molecule has 4 nitrogen and oxygen atoms in total. The topological polar surface area (TPSA) is 36.9 Å². The molecule has 2 aromatic carbocycles. The number of nitrogens with one attached hydrogen (secondary N) is 1. The van der Waals surface area contributed by atoms with Gasteiger partial charge in [0.05, 0.1) is 13.2 Å². The van der Waals surface area contributed by atoms with Crippen LogP contribution in [0.4, 0.5) is 0 Å². The number of para-hydroxylation sites is 1. The summed E-state index contributed by atoms with van der Waals surface area (Å²) in [6.07, 6.45) is 1.04. The van der Waals surface area contributed by atoms with Crippen LogP contribution in [0.2, 0.25) is 0 Å². The van der Waals surface area contributed by atoms with Gasteiger partial charge < -0.3 is 10.2 Å². The molecule has 2 unspecified atom stereocenters. The van der Waals surface area contributed by atoms with Crippen LogP contribution in [0.3, 0.4) is 0 Å². The van der Waals surface area contributed by atoms with Gasteiger partial charge in [0.25, 0.3) is 0 Å². The number of fused-ring (bicyclic) bond motifs is 1. The molecule has 0 aromatic heterocycles. The van der Waals surface area contributed by atoms with Crippen LogP contribution in [-0.4, -0.2) is 30.8 Å². The first-order valence-corrected chi connectivity index (χ1v) is 8.56. The van der Waals surface area contributed by atoms with Crippen LogP contribution >= 0.6 is 0 Å². The van der Waals surface area contributed by atoms with Crippen LogP contribution in [0.25, 0.3) is 0 Å². The van der Waals surface area contributed by atoms with Gasteiger partial charge in [-0.05, 0) is 11.6 Å². The van der Waals surface area contributed by atoms with E-state index in [1.807, 2.05) is 12.1 Å². The molecular weight excluding hydrogens is 298 g/mol. The van der Waals surface area contributed by atoms with E-state index in [2.05, 4.69) is 57.9 Å². The number of hydrogen-bond donors (Lipinski definition) is 1. The van der Waals surface area contributed by atoms with Gasteiger partial charge >= 0.3 is 0 Å². The molecule has 1 saturated heterocycles. The van der Waals surface area contributed by atoms with Crippen LogP contribution in [0.1, 0.15) is 23.6 Å². The van der Waals surface area contributed by atoms with Crippen LogP contribution in [0.15, 0.2) is 59.7 Å². The maximum Gasteiger partial charge on any atom is 0.124 e. The lowest BCUT2D eigenvalue weighted by molar-refractivity contribution is 0.219. The summed E-state index contributed by atoms with van der Waals surface area (Å²) >= 11 is 0. The number of rotatable bonds is 4. The highest BCUT2D eigenvalue weighted by atomic mass is 16.5. The summed E-state index contributed by atoms with van der Waals surface area (Å²) < 4.78 is 5.56. The zero-order chi connectivity index (χ0) is 16.4. The third kappa shape index (κ3) is 2.89. The van der Waals surface area contributed by atoms with Crippen molar-refractivity contribution >= 4 is 5.71 Å². The molecule has 0 spiro atoms. The number of piperidine rings is 1. The van der Waals surface area contributed by atoms with Gasteiger partial charge in [-0.15, -0.1) is 0 Å². The fourth-order valence-electron chi connectivity index (χ4n) is 3.81. The minimum atomic E-state index is 0.203. The number of methoxy groups -OCH3 is 1. The number of nitrogens with zero attached hydrogens (tertiary/aromatic N) is 2. The van der Waals surface area contributed by atoms with E-state index in [0.29, 0.717) is 5.92 Å². The van der Waals surface area contributed by atoms with Gasteiger partial charge in [-0.2, -0.15) is 5.10 Å². The Bertz CT molecular complexity index is 729. The van der Waals surface area contributed by atoms with Crippen molar-refractivity contribution in [2.24, 2.45) is 11.0 Å². The van der Waals surface area contributed by atoms with E-state index in [4.69, 9.17) is 4.74 Å². The second kappa shape index (κ2) is 6.65. The van der Waals surface area contributed by atoms with Crippen molar-refractivity contribution in [3.8, 4) is 5.75 Å². The molecule has 0 bridgehead atoms. The monoisotopic (exact) mass is 321 g/mol. The van der Waals surface area contributed by atoms with Crippen LogP contribution in [0, 0.1) is 5.92 Å². The molecule has 0 radical (unpaired) electrons. The Labute approximate surface area is 143 Å². The Kier molecular flexibility index (Phi) is 4.22. The summed E-state index contributed by atoms with van der Waals surface area (Å²) in [6, 6.07) is 19.2. The zero-order valence-electron chi connectivity index (χ0n) is 14.0. The number of hydrazone groups is 1. The average molecular weight is 321 g/mol. The summed E-state index contributed by atoms with van der Waals surface area (Å²) in [5.41, 5.74) is 7.23. The minimum absolute atomic E-state index is 0.203. The third-order valence-electron chi connectivity index (χ3n) is 5.04. The largest absolute Gasteiger partial charge is 0.496 e. The van der Waals surface area contributed by atoms with E-state index in [1.54, 1.807) is 7.11 Å². The predicted molar refractivity (Wildman–Crippen MR) is 96.1 cm³/mol. The van der Waals surface area contributed by atoms with Crippen molar-refractivity contribution in [3.63, 3.8) is 0 Å². The summed E-state index contributed by atoms with van der Waals surface area (Å²) in [7, 11) is 1.73. The van der Waals surface area contributed by atoms with Gasteiger partial charge in [0.2, 0.25) is 0 Å². The SMILES string of the molecule is COc1ccccc1C1NN=C2CCN(Cc3ccccc3)CC21. The molecule has 24 heavy (non-hydrogen) atoms. The summed E-state index contributed by atoms with van der Waals surface area (Å²) in [5.74, 6) is 1.35. The smallest absolute Gasteiger partial charge is 0.124 e. The van der Waals surface area contributed by atoms with Gasteiger partial charge in [-0.1, -0.05) is 48.5 Å². The first-order chi connectivity index (χ1) is 11.8. The predicted octanol–water partition coefficient (Wildman–Crippen LogP) is 3.22. The number of ether oxygens (including phenoxy) is 1. The van der Waals surface area contributed by atoms with Crippen LogP contribution < -0.4 is 10.2 Å². The third-order valence-corrected chi connectivity index (χ3v) is 5.04. The number of hydrogen-bond acceptors (Lipinski definition) is 4. The molecule has 1 N–H and O–H groups in total. The van der Waals surface area contributed by atoms with E-state index < -0.39 is 0 Å². The molecule has 2 aliphatic rings. The van der Waals surface area contributed by atoms with Gasteiger partial charge in [0.1, 0.15) is 5.75 Å². The Morgan fingerprint density at radius 1 is 1.12 bits per heavy atom. The van der Waals surface area contributed by atoms with Gasteiger partial charge in [-0.25, -0.2) is 0 Å². The molecule has 2 heterocycles. The number of benzene rings is 2. The Hall–Kier alpha value is -2.33. The first kappa shape index (κ1) is 15.2. The average Bonchev–Trinajstić information content (AvgIpc) is 3.05. The first-order valence-electron chi connectivity index (χ1n) is 8.56. The molecule has 4 rings (SSSR count). The maximum atomic E-state index is 5.56. The standard InChI is InChI=1S/C20H23N3O/c1-24-19-10-6-5-9-16(19)20-17-14-23(12-11-18(17)21-22-20)13-15-7-3-2-4-8-15/h2-10,17,20,22H,11-14H2,1H3. The quantitative estimate of drug-likeness (QED) is 0.939. The van der Waals surface area contributed by atoms with E-state index in [9.17, 15) is 0 Å². The molecule has 0 amide bonds. The molecule has 2 aromatic rings. The molecule has 2 atom stereocenters. The molecule has 2 aliphatic heterocycles. The van der Waals surface area contributed by atoms with Gasteiger partial charge in [-0.3, -0.25) is 4.90 Å². The highest BCUT2D eigenvalue weighted by Gasteiger charge is 2.38. The van der Waals surface area contributed by atoms with Crippen molar-refractivity contribution < 1.29 is 4.74 Å². The van der Waals surface area contributed by atoms with Crippen molar-refractivity contribution in [3.05, 3.63) is 65.7 Å². The summed E-state index contributed by atoms with van der Waals surface area (Å²) in [4.78, 5) is 2.54. The normalized spacial score (nSPS) is 23.3. The highest BCUT2D eigenvalue weighted by molar-refractivity contribution is 5.90. The highest BCUT2D eigenvalue weighted by Crippen LogP contribution is 2.36. The van der Waals surface area contributed by atoms with Crippen LogP contribution in [-0.2, 0) is 6.54 Å². The maximum absolute atomic E-state index is 5.56.